The molecule has 0 aliphatic heterocycles. The molecule has 0 heterocycles. The van der Waals surface area contributed by atoms with Crippen LogP contribution in [0.2, 0.25) is 0 Å². The first kappa shape index (κ1) is 71.4. The van der Waals surface area contributed by atoms with Gasteiger partial charge in [0.2, 0.25) is 0 Å². The van der Waals surface area contributed by atoms with Crippen molar-refractivity contribution in [1.82, 2.24) is 0 Å². The Kier molecular flexibility index (Phi) is 569. The zero-order valence-corrected chi connectivity index (χ0v) is 4.74. The summed E-state index contributed by atoms with van der Waals surface area (Å²) in [5.74, 6) is 0. The van der Waals surface area contributed by atoms with Crippen molar-refractivity contribution in [2.45, 2.75) is 0 Å². The Labute approximate surface area is 92.4 Å². The Morgan fingerprint density at radius 2 is 0.833 bits per heavy atom. The van der Waals surface area contributed by atoms with Gasteiger partial charge in [-0.1, -0.05) is 0 Å². The zero-order valence-electron chi connectivity index (χ0n) is 1.53. The van der Waals surface area contributed by atoms with Crippen molar-refractivity contribution >= 4 is 37.7 Å². The maximum absolute atomic E-state index is 0. The SMILES string of the molecule is O.[Co].[LiH].[LiH].[Mn].[Ni]. The summed E-state index contributed by atoms with van der Waals surface area (Å²) in [6.07, 6.45) is 0. The van der Waals surface area contributed by atoms with E-state index in [1.807, 2.05) is 0 Å². The molecule has 0 spiro atoms. The predicted octanol–water partition coefficient (Wildman–Crippen LogP) is -2.13. The summed E-state index contributed by atoms with van der Waals surface area (Å²) in [7, 11) is 0. The summed E-state index contributed by atoms with van der Waals surface area (Å²) >= 11 is 0. The van der Waals surface area contributed by atoms with Crippen molar-refractivity contribution < 1.29 is 55.8 Å². The van der Waals surface area contributed by atoms with E-state index in [2.05, 4.69) is 0 Å². The minimum Gasteiger partial charge on any atom is 0 e. The summed E-state index contributed by atoms with van der Waals surface area (Å²) in [6, 6.07) is 0. The maximum atomic E-state index is 0. The van der Waals surface area contributed by atoms with Crippen LogP contribution in [0.15, 0.2) is 0 Å². The van der Waals surface area contributed by atoms with Crippen LogP contribution < -0.4 is 0 Å². The Morgan fingerprint density at radius 1 is 0.833 bits per heavy atom. The van der Waals surface area contributed by atoms with E-state index >= 15 is 0 Å². The zero-order chi connectivity index (χ0) is 0. The summed E-state index contributed by atoms with van der Waals surface area (Å²) in [4.78, 5) is 0. The first-order valence-electron chi connectivity index (χ1n) is 0. The Hall–Kier alpha value is 2.67. The Bertz CT molecular complexity index is 13.5. The summed E-state index contributed by atoms with van der Waals surface area (Å²) < 4.78 is 0. The van der Waals surface area contributed by atoms with Gasteiger partial charge in [0.25, 0.3) is 0 Å². The maximum Gasteiger partial charge on any atom is 0 e. The van der Waals surface area contributed by atoms with Crippen LogP contribution in [0.3, 0.4) is 0 Å². The van der Waals surface area contributed by atoms with Crippen molar-refractivity contribution in [1.29, 1.82) is 0 Å². The van der Waals surface area contributed by atoms with Gasteiger partial charge in [0.1, 0.15) is 0 Å². The van der Waals surface area contributed by atoms with E-state index < -0.39 is 0 Å². The molecule has 0 rings (SSSR count). The molecule has 6 heavy (non-hydrogen) atoms. The van der Waals surface area contributed by atoms with Gasteiger partial charge in [-0.3, -0.25) is 0 Å². The monoisotopic (exact) mass is 206 g/mol. The Balaban J connectivity index is 0. The van der Waals surface area contributed by atoms with Crippen LogP contribution in [-0.4, -0.2) is 43.2 Å². The van der Waals surface area contributed by atoms with Gasteiger partial charge in [-0.25, -0.2) is 0 Å². The van der Waals surface area contributed by atoms with Crippen LogP contribution in [0, 0.1) is 0 Å². The number of rotatable bonds is 0. The van der Waals surface area contributed by atoms with Crippen molar-refractivity contribution in [3.8, 4) is 0 Å². The van der Waals surface area contributed by atoms with Crippen molar-refractivity contribution in [3.63, 3.8) is 0 Å². The molecule has 0 aromatic rings. The van der Waals surface area contributed by atoms with Crippen molar-refractivity contribution in [3.05, 3.63) is 0 Å². The second kappa shape index (κ2) is 47.8. The molecule has 38 valence electrons. The minimum atomic E-state index is 0. The van der Waals surface area contributed by atoms with E-state index in [4.69, 9.17) is 0 Å². The molecule has 0 saturated heterocycles. The molecule has 1 nitrogen and oxygen atoms in total. The van der Waals surface area contributed by atoms with Crippen LogP contribution in [0.4, 0.5) is 0 Å². The van der Waals surface area contributed by atoms with Crippen LogP contribution in [-0.2, 0) is 50.3 Å². The molecule has 0 aromatic heterocycles. The van der Waals surface area contributed by atoms with E-state index in [1.165, 1.54) is 0 Å². The third-order valence-corrected chi connectivity index (χ3v) is 0. The molecule has 0 atom stereocenters. The molecule has 2 N–H and O–H groups in total. The smallest absolute Gasteiger partial charge is 0 e. The van der Waals surface area contributed by atoms with Gasteiger partial charge < -0.3 is 5.48 Å². The molecular weight excluding hydrogens is 202 g/mol. The van der Waals surface area contributed by atoms with E-state index in [1.54, 1.807) is 0 Å². The van der Waals surface area contributed by atoms with E-state index in [0.29, 0.717) is 0 Å². The normalized spacial score (nSPS) is 0. The van der Waals surface area contributed by atoms with Gasteiger partial charge in [0.15, 0.2) is 0 Å². The summed E-state index contributed by atoms with van der Waals surface area (Å²) in [5.41, 5.74) is 0. The first-order valence-corrected chi connectivity index (χ1v) is 0. The average Bonchev–Trinajstić information content (AvgIpc) is 0. The fourth-order valence-corrected chi connectivity index (χ4v) is 0. The van der Waals surface area contributed by atoms with Gasteiger partial charge >= 0.3 is 37.7 Å². The van der Waals surface area contributed by atoms with Crippen LogP contribution >= 0.6 is 0 Å². The molecule has 0 fully saturated rings. The van der Waals surface area contributed by atoms with Crippen molar-refractivity contribution in [2.24, 2.45) is 0 Å². The quantitative estimate of drug-likeness (QED) is 0.406. The molecule has 2 radical (unpaired) electrons. The van der Waals surface area contributed by atoms with Crippen LogP contribution in [0.1, 0.15) is 0 Å². The van der Waals surface area contributed by atoms with Crippen LogP contribution in [0.25, 0.3) is 0 Å². The fraction of sp³-hybridized carbons (Fsp3) is 0. The molecule has 6 heteroatoms. The van der Waals surface area contributed by atoms with Crippen molar-refractivity contribution in [2.75, 3.05) is 0 Å². The molecule has 0 unspecified atom stereocenters. The molecule has 0 aromatic carbocycles. The third kappa shape index (κ3) is 30.0. The standard InChI is InChI=1S/Co.2Li.Mn.Ni.H2O.2H/h;;;;;1H2;;. The third-order valence-electron chi connectivity index (χ3n) is 0. The second-order valence-corrected chi connectivity index (χ2v) is 0. The minimum absolute atomic E-state index is 0. The molecule has 0 saturated carbocycles. The largest absolute Gasteiger partial charge is 0 e. The molecule has 0 amide bonds. The first-order chi connectivity index (χ1) is 0. The molecular formula is H4CoLi2MnNiO. The predicted molar refractivity (Wildman–Crippen MR) is 17.9 cm³/mol. The molecule has 0 aliphatic carbocycles. The Morgan fingerprint density at radius 3 is 0.833 bits per heavy atom. The number of hydrogen-bond donors (Lipinski definition) is 0. The van der Waals surface area contributed by atoms with E-state index in [-0.39, 0.29) is 93.5 Å². The summed E-state index contributed by atoms with van der Waals surface area (Å²) in [5, 5.41) is 0. The van der Waals surface area contributed by atoms with Gasteiger partial charge in [-0.2, -0.15) is 0 Å². The van der Waals surface area contributed by atoms with E-state index in [0.717, 1.165) is 0 Å². The summed E-state index contributed by atoms with van der Waals surface area (Å²) in [6.45, 7) is 0. The van der Waals surface area contributed by atoms with E-state index in [9.17, 15) is 0 Å². The van der Waals surface area contributed by atoms with Gasteiger partial charge in [-0.05, 0) is 0 Å². The van der Waals surface area contributed by atoms with Crippen LogP contribution in [0.5, 0.6) is 0 Å². The van der Waals surface area contributed by atoms with Gasteiger partial charge in [-0.15, -0.1) is 0 Å². The second-order valence-electron chi connectivity index (χ2n) is 0. The topological polar surface area (TPSA) is 31.5 Å². The number of hydrogen-bond acceptors (Lipinski definition) is 0. The average molecular weight is 206 g/mol. The van der Waals surface area contributed by atoms with Gasteiger partial charge in [0.05, 0.1) is 0 Å². The van der Waals surface area contributed by atoms with Gasteiger partial charge in [0, 0.05) is 50.3 Å². The fourth-order valence-electron chi connectivity index (χ4n) is 0. The molecule has 0 aliphatic rings. The molecule has 0 bridgehead atoms.